The van der Waals surface area contributed by atoms with E-state index in [4.69, 9.17) is 4.52 Å². The Morgan fingerprint density at radius 1 is 1.19 bits per heavy atom. The Bertz CT molecular complexity index is 1330. The molecule has 164 valence electrons. The lowest BCUT2D eigenvalue weighted by Crippen LogP contribution is -2.44. The number of hydrogen-bond donors (Lipinski definition) is 0. The van der Waals surface area contributed by atoms with Gasteiger partial charge in [0.1, 0.15) is 6.54 Å². The molecule has 0 saturated carbocycles. The van der Waals surface area contributed by atoms with Gasteiger partial charge in [-0.15, -0.1) is 5.10 Å². The third-order valence-corrected chi connectivity index (χ3v) is 5.98. The van der Waals surface area contributed by atoms with Crippen LogP contribution in [0.5, 0.6) is 0 Å². The van der Waals surface area contributed by atoms with Gasteiger partial charge in [0.25, 0.3) is 5.89 Å². The van der Waals surface area contributed by atoms with Crippen molar-refractivity contribution < 1.29 is 9.32 Å². The molecule has 0 bridgehead atoms. The second-order valence-electron chi connectivity index (χ2n) is 8.28. The average Bonchev–Trinajstić information content (AvgIpc) is 3.40. The van der Waals surface area contributed by atoms with Crippen LogP contribution in [-0.4, -0.2) is 47.7 Å². The number of aromatic nitrogens is 5. The summed E-state index contributed by atoms with van der Waals surface area (Å²) < 4.78 is 8.09. The lowest BCUT2D eigenvalue weighted by molar-refractivity contribution is -0.135. The lowest BCUT2D eigenvalue weighted by atomic mass is 10.0. The molecule has 32 heavy (non-hydrogen) atoms. The molecule has 1 amide bonds. The number of fused-ring (bicyclic) bond motifs is 1. The Balaban J connectivity index is 1.47. The SMILES string of the molecule is Cc1ccc(-c2noc(-c3cccn4c(=O)n(CC(=O)N5CCCC[C@@H]5C)nc34)n2)cc1. The van der Waals surface area contributed by atoms with E-state index in [1.807, 2.05) is 43.0 Å². The van der Waals surface area contributed by atoms with Crippen molar-refractivity contribution in [3.63, 3.8) is 0 Å². The molecule has 0 radical (unpaired) electrons. The molecule has 1 aliphatic rings. The molecule has 1 fully saturated rings. The zero-order valence-electron chi connectivity index (χ0n) is 18.1. The Morgan fingerprint density at radius 2 is 2.00 bits per heavy atom. The van der Waals surface area contributed by atoms with Crippen LogP contribution in [0.15, 0.2) is 51.9 Å². The van der Waals surface area contributed by atoms with Crippen molar-refractivity contribution in [3.05, 3.63) is 58.6 Å². The molecule has 0 N–H and O–H groups in total. The predicted octanol–water partition coefficient (Wildman–Crippen LogP) is 2.92. The molecular formula is C23H24N6O3. The van der Waals surface area contributed by atoms with Crippen molar-refractivity contribution in [1.29, 1.82) is 0 Å². The summed E-state index contributed by atoms with van der Waals surface area (Å²) >= 11 is 0. The van der Waals surface area contributed by atoms with Gasteiger partial charge < -0.3 is 9.42 Å². The van der Waals surface area contributed by atoms with Gasteiger partial charge in [-0.25, -0.2) is 13.9 Å². The highest BCUT2D eigenvalue weighted by molar-refractivity contribution is 5.77. The number of carbonyl (C=O) groups is 1. The zero-order chi connectivity index (χ0) is 22.2. The van der Waals surface area contributed by atoms with Crippen LogP contribution in [0.2, 0.25) is 0 Å². The average molecular weight is 432 g/mol. The molecule has 1 saturated heterocycles. The Labute approximate surface area is 184 Å². The van der Waals surface area contributed by atoms with Crippen molar-refractivity contribution in [2.75, 3.05) is 6.54 Å². The molecule has 3 aromatic heterocycles. The van der Waals surface area contributed by atoms with E-state index in [1.54, 1.807) is 18.3 Å². The van der Waals surface area contributed by atoms with Crippen molar-refractivity contribution in [2.45, 2.75) is 45.7 Å². The molecular weight excluding hydrogens is 408 g/mol. The lowest BCUT2D eigenvalue weighted by Gasteiger charge is -2.33. The number of rotatable bonds is 4. The van der Waals surface area contributed by atoms with Gasteiger partial charge >= 0.3 is 5.69 Å². The number of aryl methyl sites for hydroxylation is 1. The number of benzene rings is 1. The minimum Gasteiger partial charge on any atom is -0.338 e. The van der Waals surface area contributed by atoms with Crippen LogP contribution in [0.1, 0.15) is 31.7 Å². The standard InChI is InChI=1S/C23H24N6O3/c1-15-8-10-17(11-9-15)20-24-22(32-26-20)18-7-5-13-28-21(18)25-29(23(28)31)14-19(30)27-12-4-3-6-16(27)2/h5,7-11,13,16H,3-4,6,12,14H2,1-2H3/t16-/m0/s1. The molecule has 0 aliphatic carbocycles. The first kappa shape index (κ1) is 20.2. The molecule has 1 aromatic carbocycles. The highest BCUT2D eigenvalue weighted by Gasteiger charge is 2.25. The molecule has 0 unspecified atom stereocenters. The topological polar surface area (TPSA) is 98.5 Å². The van der Waals surface area contributed by atoms with Gasteiger partial charge in [0, 0.05) is 24.3 Å². The molecule has 1 atom stereocenters. The number of amides is 1. The van der Waals surface area contributed by atoms with Gasteiger partial charge in [0.15, 0.2) is 5.65 Å². The number of carbonyl (C=O) groups excluding carboxylic acids is 1. The van der Waals surface area contributed by atoms with Gasteiger partial charge in [-0.3, -0.25) is 4.79 Å². The van der Waals surface area contributed by atoms with Crippen LogP contribution in [0, 0.1) is 6.92 Å². The Hall–Kier alpha value is -3.75. The van der Waals surface area contributed by atoms with Crippen LogP contribution < -0.4 is 5.69 Å². The van der Waals surface area contributed by atoms with E-state index in [0.717, 1.165) is 36.9 Å². The zero-order valence-corrected chi connectivity index (χ0v) is 18.1. The molecule has 4 aromatic rings. The fraction of sp³-hybridized carbons (Fsp3) is 0.348. The number of pyridine rings is 1. The summed E-state index contributed by atoms with van der Waals surface area (Å²) in [5, 5.41) is 8.51. The van der Waals surface area contributed by atoms with Gasteiger partial charge in [-0.2, -0.15) is 4.98 Å². The van der Waals surface area contributed by atoms with E-state index < -0.39 is 0 Å². The van der Waals surface area contributed by atoms with Gasteiger partial charge in [-0.1, -0.05) is 35.0 Å². The fourth-order valence-corrected chi connectivity index (χ4v) is 4.15. The predicted molar refractivity (Wildman–Crippen MR) is 118 cm³/mol. The third-order valence-electron chi connectivity index (χ3n) is 5.98. The van der Waals surface area contributed by atoms with Crippen molar-refractivity contribution in [3.8, 4) is 22.8 Å². The summed E-state index contributed by atoms with van der Waals surface area (Å²) in [6, 6.07) is 11.5. The van der Waals surface area contributed by atoms with Gasteiger partial charge in [0.2, 0.25) is 11.7 Å². The largest absolute Gasteiger partial charge is 0.350 e. The minimum atomic E-state index is -0.377. The highest BCUT2D eigenvalue weighted by Crippen LogP contribution is 2.25. The smallest absolute Gasteiger partial charge is 0.338 e. The fourth-order valence-electron chi connectivity index (χ4n) is 4.15. The van der Waals surface area contributed by atoms with Crippen molar-refractivity contribution in [2.24, 2.45) is 0 Å². The first-order chi connectivity index (χ1) is 15.5. The summed E-state index contributed by atoms with van der Waals surface area (Å²) in [6.45, 7) is 4.68. The Morgan fingerprint density at radius 3 is 2.78 bits per heavy atom. The molecule has 0 spiro atoms. The van der Waals surface area contributed by atoms with E-state index in [0.29, 0.717) is 17.0 Å². The monoisotopic (exact) mass is 432 g/mol. The maximum absolute atomic E-state index is 12.9. The van der Waals surface area contributed by atoms with E-state index in [2.05, 4.69) is 15.2 Å². The van der Waals surface area contributed by atoms with Crippen LogP contribution in [-0.2, 0) is 11.3 Å². The molecule has 9 heteroatoms. The molecule has 1 aliphatic heterocycles. The van der Waals surface area contributed by atoms with Crippen molar-refractivity contribution in [1.82, 2.24) is 29.2 Å². The van der Waals surface area contributed by atoms with E-state index in [1.165, 1.54) is 9.08 Å². The van der Waals surface area contributed by atoms with E-state index in [-0.39, 0.29) is 30.1 Å². The summed E-state index contributed by atoms with van der Waals surface area (Å²) in [6.07, 6.45) is 4.71. The first-order valence-electron chi connectivity index (χ1n) is 10.8. The number of piperidine rings is 1. The number of hydrogen-bond acceptors (Lipinski definition) is 6. The van der Waals surface area contributed by atoms with Gasteiger partial charge in [0.05, 0.1) is 5.56 Å². The molecule has 4 heterocycles. The van der Waals surface area contributed by atoms with Crippen LogP contribution in [0.25, 0.3) is 28.5 Å². The normalized spacial score (nSPS) is 16.6. The van der Waals surface area contributed by atoms with Crippen molar-refractivity contribution >= 4 is 11.6 Å². The van der Waals surface area contributed by atoms with E-state index in [9.17, 15) is 9.59 Å². The van der Waals surface area contributed by atoms with E-state index >= 15 is 0 Å². The van der Waals surface area contributed by atoms with Gasteiger partial charge in [-0.05, 0) is 45.2 Å². The molecule has 5 rings (SSSR count). The number of nitrogens with zero attached hydrogens (tertiary/aromatic N) is 6. The van der Waals surface area contributed by atoms with Crippen LogP contribution in [0.3, 0.4) is 0 Å². The Kier molecular flexibility index (Phi) is 5.08. The maximum Gasteiger partial charge on any atom is 0.350 e. The summed E-state index contributed by atoms with van der Waals surface area (Å²) in [5.41, 5.74) is 2.50. The minimum absolute atomic E-state index is 0.0938. The summed E-state index contributed by atoms with van der Waals surface area (Å²) in [7, 11) is 0. The highest BCUT2D eigenvalue weighted by atomic mass is 16.5. The second-order valence-corrected chi connectivity index (χ2v) is 8.28. The molecule has 9 nitrogen and oxygen atoms in total. The first-order valence-corrected chi connectivity index (χ1v) is 10.8. The van der Waals surface area contributed by atoms with Crippen LogP contribution >= 0.6 is 0 Å². The third kappa shape index (κ3) is 3.59. The quantitative estimate of drug-likeness (QED) is 0.492. The summed E-state index contributed by atoms with van der Waals surface area (Å²) in [4.78, 5) is 32.1. The maximum atomic E-state index is 12.9. The number of likely N-dealkylation sites (tertiary alicyclic amines) is 1. The second kappa shape index (κ2) is 8.07. The van der Waals surface area contributed by atoms with Crippen LogP contribution in [0.4, 0.5) is 0 Å². The summed E-state index contributed by atoms with van der Waals surface area (Å²) in [5.74, 6) is 0.626.